The zero-order valence-electron chi connectivity index (χ0n) is 17.8. The first-order valence-electron chi connectivity index (χ1n) is 11.1. The highest BCUT2D eigenvalue weighted by atomic mass is 35.5. The van der Waals surface area contributed by atoms with Gasteiger partial charge in [-0.05, 0) is 37.0 Å². The van der Waals surface area contributed by atoms with Crippen LogP contribution >= 0.6 is 23.2 Å². The van der Waals surface area contributed by atoms with Crippen molar-refractivity contribution in [3.8, 4) is 5.75 Å². The number of amides is 1. The molecule has 0 bridgehead atoms. The lowest BCUT2D eigenvalue weighted by Gasteiger charge is -2.31. The second-order valence-corrected chi connectivity index (χ2v) is 9.31. The van der Waals surface area contributed by atoms with Gasteiger partial charge < -0.3 is 14.2 Å². The Kier molecular flexibility index (Phi) is 6.11. The summed E-state index contributed by atoms with van der Waals surface area (Å²) in [5, 5.41) is 1.15. The molecule has 1 amide bonds. The molecule has 32 heavy (non-hydrogen) atoms. The van der Waals surface area contributed by atoms with Gasteiger partial charge in [-0.25, -0.2) is 4.98 Å². The number of carbonyl (C=O) groups excluding carboxylic acids is 1. The van der Waals surface area contributed by atoms with Crippen molar-refractivity contribution < 1.29 is 9.53 Å². The minimum Gasteiger partial charge on any atom is -0.489 e. The molecular formula is C25H25Cl2N3O2. The highest BCUT2D eigenvalue weighted by Gasteiger charge is 2.32. The van der Waals surface area contributed by atoms with Crippen LogP contribution in [-0.4, -0.2) is 32.9 Å². The van der Waals surface area contributed by atoms with Crippen LogP contribution in [0.2, 0.25) is 10.0 Å². The van der Waals surface area contributed by atoms with Crippen LogP contribution in [0, 0.1) is 0 Å². The molecule has 0 spiro atoms. The average Bonchev–Trinajstić information content (AvgIpc) is 3.41. The molecule has 3 aromatic rings. The van der Waals surface area contributed by atoms with Crippen LogP contribution in [0.3, 0.4) is 0 Å². The minimum atomic E-state index is 0.257. The van der Waals surface area contributed by atoms with Crippen molar-refractivity contribution >= 4 is 29.1 Å². The number of hydrogen-bond donors (Lipinski definition) is 0. The first kappa shape index (κ1) is 21.4. The number of benzene rings is 2. The molecule has 1 atom stereocenters. The summed E-state index contributed by atoms with van der Waals surface area (Å²) in [5.74, 6) is 0.926. The van der Waals surface area contributed by atoms with Gasteiger partial charge >= 0.3 is 0 Å². The van der Waals surface area contributed by atoms with Crippen LogP contribution in [0.4, 0.5) is 0 Å². The Morgan fingerprint density at radius 2 is 1.88 bits per heavy atom. The van der Waals surface area contributed by atoms with Gasteiger partial charge in [-0.3, -0.25) is 4.79 Å². The number of aryl methyl sites for hydroxylation is 1. The quantitative estimate of drug-likeness (QED) is 0.492. The number of halogens is 2. The molecule has 0 radical (unpaired) electrons. The number of aromatic nitrogens is 2. The number of hydrogen-bond acceptors (Lipinski definition) is 3. The predicted molar refractivity (Wildman–Crippen MR) is 125 cm³/mol. The average molecular weight is 470 g/mol. The Balaban J connectivity index is 1.32. The zero-order valence-corrected chi connectivity index (χ0v) is 19.3. The number of nitrogens with zero attached hydrogens (tertiary/aromatic N) is 3. The summed E-state index contributed by atoms with van der Waals surface area (Å²) in [5.41, 5.74) is 4.22. The first-order valence-corrected chi connectivity index (χ1v) is 11.8. The lowest BCUT2D eigenvalue weighted by molar-refractivity contribution is -0.129. The lowest BCUT2D eigenvalue weighted by atomic mass is 9.94. The zero-order chi connectivity index (χ0) is 22.1. The van der Waals surface area contributed by atoms with Gasteiger partial charge in [0.1, 0.15) is 12.4 Å². The fourth-order valence-corrected chi connectivity index (χ4v) is 5.29. The molecule has 7 heteroatoms. The molecule has 0 saturated carbocycles. The van der Waals surface area contributed by atoms with Crippen LogP contribution < -0.4 is 4.74 Å². The van der Waals surface area contributed by atoms with Gasteiger partial charge in [0.15, 0.2) is 0 Å². The highest BCUT2D eigenvalue weighted by molar-refractivity contribution is 6.36. The van der Waals surface area contributed by atoms with Crippen molar-refractivity contribution in [2.75, 3.05) is 6.54 Å². The third-order valence-corrected chi connectivity index (χ3v) is 7.09. The SMILES string of the molecule is O=C1CCCN1C1CCc2ncn(Cc3c(Cl)cc(OCc4ccccc4)cc3Cl)c2C1. The van der Waals surface area contributed by atoms with E-state index in [9.17, 15) is 4.79 Å². The maximum atomic E-state index is 12.2. The van der Waals surface area contributed by atoms with E-state index in [4.69, 9.17) is 27.9 Å². The maximum Gasteiger partial charge on any atom is 0.222 e. The molecule has 1 fully saturated rings. The molecule has 166 valence electrons. The van der Waals surface area contributed by atoms with Gasteiger partial charge in [0.05, 0.1) is 28.6 Å². The summed E-state index contributed by atoms with van der Waals surface area (Å²) < 4.78 is 8.01. The number of likely N-dealkylation sites (tertiary alicyclic amines) is 1. The Labute approximate surface area is 197 Å². The Hall–Kier alpha value is -2.50. The van der Waals surface area contributed by atoms with E-state index < -0.39 is 0 Å². The van der Waals surface area contributed by atoms with Crippen LogP contribution in [0.5, 0.6) is 5.75 Å². The smallest absolute Gasteiger partial charge is 0.222 e. The van der Waals surface area contributed by atoms with Crippen LogP contribution in [-0.2, 0) is 30.8 Å². The number of ether oxygens (including phenoxy) is 1. The van der Waals surface area contributed by atoms with Gasteiger partial charge in [-0.2, -0.15) is 0 Å². The van der Waals surface area contributed by atoms with Gasteiger partial charge in [0, 0.05) is 36.7 Å². The summed E-state index contributed by atoms with van der Waals surface area (Å²) in [6, 6.07) is 13.9. The van der Waals surface area contributed by atoms with Crippen molar-refractivity contribution in [3.63, 3.8) is 0 Å². The maximum absolute atomic E-state index is 12.2. The van der Waals surface area contributed by atoms with Gasteiger partial charge in [-0.15, -0.1) is 0 Å². The molecule has 2 aliphatic rings. The van der Waals surface area contributed by atoms with E-state index in [2.05, 4.69) is 14.5 Å². The normalized spacial score (nSPS) is 18.1. The summed E-state index contributed by atoms with van der Waals surface area (Å²) in [6.45, 7) is 1.87. The van der Waals surface area contributed by atoms with E-state index in [0.717, 1.165) is 49.0 Å². The van der Waals surface area contributed by atoms with Crippen LogP contribution in [0.1, 0.15) is 41.8 Å². The Morgan fingerprint density at radius 3 is 2.59 bits per heavy atom. The minimum absolute atomic E-state index is 0.257. The summed E-state index contributed by atoms with van der Waals surface area (Å²) in [6.07, 6.45) is 6.20. The van der Waals surface area contributed by atoms with Crippen molar-refractivity contribution in [1.82, 2.24) is 14.5 Å². The topological polar surface area (TPSA) is 47.4 Å². The summed E-state index contributed by atoms with van der Waals surface area (Å²) in [7, 11) is 0. The van der Waals surface area contributed by atoms with Gasteiger partial charge in [0.25, 0.3) is 0 Å². The van der Waals surface area contributed by atoms with E-state index >= 15 is 0 Å². The van der Waals surface area contributed by atoms with Crippen molar-refractivity contribution in [3.05, 3.63) is 81.4 Å². The molecule has 1 aliphatic heterocycles. The van der Waals surface area contributed by atoms with Gasteiger partial charge in [-0.1, -0.05) is 53.5 Å². The molecule has 1 saturated heterocycles. The number of fused-ring (bicyclic) bond motifs is 1. The predicted octanol–water partition coefficient (Wildman–Crippen LogP) is 5.30. The van der Waals surface area contributed by atoms with E-state index in [1.165, 1.54) is 5.69 Å². The molecule has 1 unspecified atom stereocenters. The molecule has 5 rings (SSSR count). The van der Waals surface area contributed by atoms with Crippen molar-refractivity contribution in [2.24, 2.45) is 0 Å². The van der Waals surface area contributed by atoms with Crippen molar-refractivity contribution in [1.29, 1.82) is 0 Å². The number of imidazole rings is 1. The largest absolute Gasteiger partial charge is 0.489 e. The number of carbonyl (C=O) groups is 1. The standard InChI is InChI=1S/C25H25Cl2N3O2/c26-21-12-19(32-15-17-5-2-1-3-6-17)13-22(27)20(21)14-29-16-28-23-9-8-18(11-24(23)29)30-10-4-7-25(30)31/h1-3,5-6,12-13,16,18H,4,7-11,14-15H2. The highest BCUT2D eigenvalue weighted by Crippen LogP contribution is 2.33. The Bertz CT molecular complexity index is 1110. The molecule has 1 aromatic heterocycles. The van der Waals surface area contributed by atoms with E-state index in [1.54, 1.807) is 0 Å². The second kappa shape index (κ2) is 9.16. The Morgan fingerprint density at radius 1 is 1.09 bits per heavy atom. The fraction of sp³-hybridized carbons (Fsp3) is 0.360. The molecule has 2 aromatic carbocycles. The fourth-order valence-electron chi connectivity index (χ4n) is 4.70. The van der Waals surface area contributed by atoms with E-state index in [0.29, 0.717) is 35.4 Å². The van der Waals surface area contributed by atoms with E-state index in [-0.39, 0.29) is 11.9 Å². The molecule has 1 aliphatic carbocycles. The summed E-state index contributed by atoms with van der Waals surface area (Å²) >= 11 is 13.2. The van der Waals surface area contributed by atoms with Crippen LogP contribution in [0.15, 0.2) is 48.8 Å². The number of rotatable bonds is 6. The lowest BCUT2D eigenvalue weighted by Crippen LogP contribution is -2.40. The van der Waals surface area contributed by atoms with Crippen molar-refractivity contribution in [2.45, 2.75) is 51.3 Å². The third-order valence-electron chi connectivity index (χ3n) is 6.42. The van der Waals surface area contributed by atoms with Gasteiger partial charge in [0.2, 0.25) is 5.91 Å². The van der Waals surface area contributed by atoms with Crippen LogP contribution in [0.25, 0.3) is 0 Å². The monoisotopic (exact) mass is 469 g/mol. The second-order valence-electron chi connectivity index (χ2n) is 8.49. The molecular weight excluding hydrogens is 445 g/mol. The third kappa shape index (κ3) is 4.37. The summed E-state index contributed by atoms with van der Waals surface area (Å²) in [4.78, 5) is 18.9. The molecule has 5 nitrogen and oxygen atoms in total. The first-order chi connectivity index (χ1) is 15.6. The van der Waals surface area contributed by atoms with E-state index in [1.807, 2.05) is 48.8 Å². The molecule has 0 N–H and O–H groups in total. The molecule has 2 heterocycles.